The first kappa shape index (κ1) is 21.0. The molecule has 0 radical (unpaired) electrons. The standard InChI is InChI=1S/C16H15N5O8/c1-29-16(22)13-8-12(20(25)26)9-14(21(27)28)15(13)18-7-6-17-10-2-4-11(5-3-10)19(23)24/h2-5,8-9,17-18H,6-7H2,1H3. The fourth-order valence-corrected chi connectivity index (χ4v) is 2.41. The van der Waals surface area contributed by atoms with E-state index in [9.17, 15) is 35.1 Å². The van der Waals surface area contributed by atoms with E-state index in [0.717, 1.165) is 19.2 Å². The molecule has 2 rings (SSSR count). The SMILES string of the molecule is COC(=O)c1cc([N+](=O)[O-])cc([N+](=O)[O-])c1NCCNc1ccc([N+](=O)[O-])cc1. The van der Waals surface area contributed by atoms with Crippen molar-refractivity contribution in [2.45, 2.75) is 0 Å². The number of nitrogens with one attached hydrogen (secondary N) is 2. The van der Waals surface area contributed by atoms with Crippen molar-refractivity contribution >= 4 is 34.4 Å². The number of methoxy groups -OCH3 is 1. The maximum Gasteiger partial charge on any atom is 0.340 e. The molecule has 13 nitrogen and oxygen atoms in total. The summed E-state index contributed by atoms with van der Waals surface area (Å²) < 4.78 is 4.56. The minimum absolute atomic E-state index is 0.0714. The highest BCUT2D eigenvalue weighted by Gasteiger charge is 2.27. The molecular weight excluding hydrogens is 390 g/mol. The van der Waals surface area contributed by atoms with Crippen molar-refractivity contribution < 1.29 is 24.3 Å². The molecule has 0 saturated heterocycles. The summed E-state index contributed by atoms with van der Waals surface area (Å²) in [4.78, 5) is 42.7. The smallest absolute Gasteiger partial charge is 0.340 e. The van der Waals surface area contributed by atoms with Gasteiger partial charge in [-0.05, 0) is 12.1 Å². The molecule has 0 aromatic heterocycles. The highest BCUT2D eigenvalue weighted by atomic mass is 16.6. The van der Waals surface area contributed by atoms with Gasteiger partial charge in [-0.15, -0.1) is 0 Å². The molecule has 29 heavy (non-hydrogen) atoms. The first-order valence-electron chi connectivity index (χ1n) is 8.02. The molecule has 2 aromatic carbocycles. The van der Waals surface area contributed by atoms with Crippen LogP contribution < -0.4 is 10.6 Å². The van der Waals surface area contributed by atoms with Crippen molar-refractivity contribution in [3.63, 3.8) is 0 Å². The van der Waals surface area contributed by atoms with Gasteiger partial charge in [-0.2, -0.15) is 0 Å². The van der Waals surface area contributed by atoms with Crippen molar-refractivity contribution in [3.8, 4) is 0 Å². The topological polar surface area (TPSA) is 180 Å². The molecule has 2 aromatic rings. The summed E-state index contributed by atoms with van der Waals surface area (Å²) in [5.74, 6) is -0.970. The Morgan fingerprint density at radius 3 is 2.00 bits per heavy atom. The molecule has 13 heteroatoms. The first-order valence-corrected chi connectivity index (χ1v) is 8.02. The van der Waals surface area contributed by atoms with Crippen LogP contribution in [0.4, 0.5) is 28.4 Å². The number of esters is 1. The van der Waals surface area contributed by atoms with Crippen molar-refractivity contribution in [1.82, 2.24) is 0 Å². The minimum atomic E-state index is -0.970. The third-order valence-electron chi connectivity index (χ3n) is 3.75. The fraction of sp³-hybridized carbons (Fsp3) is 0.188. The number of benzene rings is 2. The van der Waals surface area contributed by atoms with E-state index in [-0.39, 0.29) is 30.0 Å². The molecule has 0 atom stereocenters. The number of nitro benzene ring substituents is 3. The first-order chi connectivity index (χ1) is 13.7. The van der Waals surface area contributed by atoms with Crippen LogP contribution in [0.15, 0.2) is 36.4 Å². The van der Waals surface area contributed by atoms with Gasteiger partial charge < -0.3 is 15.4 Å². The van der Waals surface area contributed by atoms with Crippen LogP contribution in [0, 0.1) is 30.3 Å². The second-order valence-corrected chi connectivity index (χ2v) is 5.55. The number of non-ortho nitro benzene ring substituents is 2. The zero-order valence-electron chi connectivity index (χ0n) is 15.0. The number of ether oxygens (including phenoxy) is 1. The van der Waals surface area contributed by atoms with Crippen molar-refractivity contribution in [3.05, 3.63) is 72.3 Å². The molecule has 0 aliphatic rings. The van der Waals surface area contributed by atoms with Gasteiger partial charge in [0, 0.05) is 37.0 Å². The molecule has 0 spiro atoms. The van der Waals surface area contributed by atoms with Gasteiger partial charge in [0.1, 0.15) is 5.69 Å². The summed E-state index contributed by atoms with van der Waals surface area (Å²) in [7, 11) is 1.05. The van der Waals surface area contributed by atoms with Gasteiger partial charge in [-0.1, -0.05) is 0 Å². The quantitative estimate of drug-likeness (QED) is 0.272. The van der Waals surface area contributed by atoms with E-state index in [2.05, 4.69) is 15.4 Å². The Balaban J connectivity index is 2.18. The van der Waals surface area contributed by atoms with E-state index >= 15 is 0 Å². The molecular formula is C16H15N5O8. The molecule has 0 saturated carbocycles. The van der Waals surface area contributed by atoms with Crippen LogP contribution in [0.25, 0.3) is 0 Å². The Morgan fingerprint density at radius 1 is 0.897 bits per heavy atom. The van der Waals surface area contributed by atoms with E-state index < -0.39 is 32.1 Å². The monoisotopic (exact) mass is 405 g/mol. The number of hydrogen-bond donors (Lipinski definition) is 2. The average Bonchev–Trinajstić information content (AvgIpc) is 2.70. The molecule has 0 unspecified atom stereocenters. The van der Waals surface area contributed by atoms with E-state index in [1.165, 1.54) is 24.3 Å². The van der Waals surface area contributed by atoms with Gasteiger partial charge in [0.25, 0.3) is 17.1 Å². The van der Waals surface area contributed by atoms with Crippen LogP contribution in [0.3, 0.4) is 0 Å². The lowest BCUT2D eigenvalue weighted by Gasteiger charge is -2.12. The molecule has 0 heterocycles. The Labute approximate surface area is 162 Å². The Morgan fingerprint density at radius 2 is 1.48 bits per heavy atom. The highest BCUT2D eigenvalue weighted by molar-refractivity contribution is 5.99. The van der Waals surface area contributed by atoms with Gasteiger partial charge >= 0.3 is 5.97 Å². The second kappa shape index (κ2) is 9.07. The van der Waals surface area contributed by atoms with E-state index in [0.29, 0.717) is 5.69 Å². The molecule has 152 valence electrons. The number of hydrogen-bond acceptors (Lipinski definition) is 10. The minimum Gasteiger partial charge on any atom is -0.465 e. The van der Waals surface area contributed by atoms with E-state index in [1.54, 1.807) is 0 Å². The zero-order valence-corrected chi connectivity index (χ0v) is 15.0. The fourth-order valence-electron chi connectivity index (χ4n) is 2.41. The van der Waals surface area contributed by atoms with Gasteiger partial charge in [0.05, 0.1) is 33.5 Å². The molecule has 0 aliphatic carbocycles. The van der Waals surface area contributed by atoms with Crippen molar-refractivity contribution in [1.29, 1.82) is 0 Å². The van der Waals surface area contributed by atoms with Crippen LogP contribution in [-0.2, 0) is 4.74 Å². The maximum absolute atomic E-state index is 11.9. The lowest BCUT2D eigenvalue weighted by atomic mass is 10.1. The molecule has 0 aliphatic heterocycles. The van der Waals surface area contributed by atoms with Gasteiger partial charge in [-0.3, -0.25) is 30.3 Å². The average molecular weight is 405 g/mol. The zero-order chi connectivity index (χ0) is 21.6. The van der Waals surface area contributed by atoms with Crippen LogP contribution in [0.2, 0.25) is 0 Å². The molecule has 0 bridgehead atoms. The molecule has 0 fully saturated rings. The number of anilines is 2. The number of carbonyl (C=O) groups is 1. The summed E-state index contributed by atoms with van der Waals surface area (Å²) in [6, 6.07) is 7.25. The summed E-state index contributed by atoms with van der Waals surface area (Å²) in [5.41, 5.74) is -1.31. The number of rotatable bonds is 9. The lowest BCUT2D eigenvalue weighted by molar-refractivity contribution is -0.393. The maximum atomic E-state index is 11.9. The predicted octanol–water partition coefficient (Wildman–Crippen LogP) is 2.72. The van der Waals surface area contributed by atoms with Crippen LogP contribution in [0.1, 0.15) is 10.4 Å². The third kappa shape index (κ3) is 5.12. The van der Waals surface area contributed by atoms with Crippen LogP contribution in [-0.4, -0.2) is 40.9 Å². The van der Waals surface area contributed by atoms with Gasteiger partial charge in [0.15, 0.2) is 0 Å². The number of carbonyl (C=O) groups excluding carboxylic acids is 1. The Hall–Kier alpha value is -4.29. The van der Waals surface area contributed by atoms with E-state index in [1.807, 2.05) is 0 Å². The molecule has 0 amide bonds. The predicted molar refractivity (Wildman–Crippen MR) is 101 cm³/mol. The van der Waals surface area contributed by atoms with E-state index in [4.69, 9.17) is 0 Å². The lowest BCUT2D eigenvalue weighted by Crippen LogP contribution is -2.17. The highest BCUT2D eigenvalue weighted by Crippen LogP contribution is 2.33. The summed E-state index contributed by atoms with van der Waals surface area (Å²) in [6.07, 6.45) is 0. The number of nitro groups is 3. The Bertz CT molecular complexity index is 961. The second-order valence-electron chi connectivity index (χ2n) is 5.55. The number of nitrogens with zero attached hydrogens (tertiary/aromatic N) is 3. The van der Waals surface area contributed by atoms with Gasteiger partial charge in [0.2, 0.25) is 0 Å². The van der Waals surface area contributed by atoms with Crippen molar-refractivity contribution in [2.24, 2.45) is 0 Å². The van der Waals surface area contributed by atoms with Gasteiger partial charge in [-0.25, -0.2) is 4.79 Å². The van der Waals surface area contributed by atoms with Crippen molar-refractivity contribution in [2.75, 3.05) is 30.8 Å². The molecule has 2 N–H and O–H groups in total. The largest absolute Gasteiger partial charge is 0.465 e. The van der Waals surface area contributed by atoms with Crippen LogP contribution >= 0.6 is 0 Å². The third-order valence-corrected chi connectivity index (χ3v) is 3.75. The summed E-state index contributed by atoms with van der Waals surface area (Å²) in [6.45, 7) is 0.326. The Kier molecular flexibility index (Phi) is 6.58. The summed E-state index contributed by atoms with van der Waals surface area (Å²) >= 11 is 0. The normalized spacial score (nSPS) is 10.1. The van der Waals surface area contributed by atoms with Crippen LogP contribution in [0.5, 0.6) is 0 Å². The summed E-state index contributed by atoms with van der Waals surface area (Å²) in [5, 5.41) is 38.6.